The van der Waals surface area contributed by atoms with E-state index in [4.69, 9.17) is 10.5 Å². The summed E-state index contributed by atoms with van der Waals surface area (Å²) >= 11 is 0. The molecule has 102 valence electrons. The Bertz CT molecular complexity index is 365. The van der Waals surface area contributed by atoms with Crippen molar-refractivity contribution < 1.29 is 9.13 Å². The van der Waals surface area contributed by atoms with Crippen molar-refractivity contribution in [2.75, 3.05) is 0 Å². The summed E-state index contributed by atoms with van der Waals surface area (Å²) in [6.07, 6.45) is 0.831. The summed E-state index contributed by atoms with van der Waals surface area (Å²) in [7, 11) is 0. The molecule has 3 atom stereocenters. The first-order valence-corrected chi connectivity index (χ1v) is 6.56. The van der Waals surface area contributed by atoms with E-state index in [0.717, 1.165) is 12.0 Å². The van der Waals surface area contributed by atoms with Crippen molar-refractivity contribution in [3.05, 3.63) is 35.6 Å². The molecule has 0 heterocycles. The van der Waals surface area contributed by atoms with Crippen LogP contribution in [-0.4, -0.2) is 12.1 Å². The Morgan fingerprint density at radius 3 is 2.39 bits per heavy atom. The summed E-state index contributed by atoms with van der Waals surface area (Å²) in [5.74, 6) is 0.319. The lowest BCUT2D eigenvalue weighted by Crippen LogP contribution is -2.30. The van der Waals surface area contributed by atoms with Gasteiger partial charge < -0.3 is 10.5 Å². The number of rotatable bonds is 6. The molecule has 0 bridgehead atoms. The van der Waals surface area contributed by atoms with Crippen LogP contribution in [0.15, 0.2) is 24.3 Å². The summed E-state index contributed by atoms with van der Waals surface area (Å²) in [6.45, 7) is 8.23. The molecule has 1 aromatic carbocycles. The van der Waals surface area contributed by atoms with Crippen molar-refractivity contribution in [2.24, 2.45) is 11.7 Å². The lowest BCUT2D eigenvalue weighted by molar-refractivity contribution is -0.0238. The van der Waals surface area contributed by atoms with Gasteiger partial charge in [-0.3, -0.25) is 0 Å². The average Bonchev–Trinajstić information content (AvgIpc) is 2.24. The Hall–Kier alpha value is -0.930. The highest BCUT2D eigenvalue weighted by molar-refractivity contribution is 5.20. The van der Waals surface area contributed by atoms with Gasteiger partial charge in [0, 0.05) is 6.04 Å². The largest absolute Gasteiger partial charge is 0.369 e. The first kappa shape index (κ1) is 15.1. The van der Waals surface area contributed by atoms with E-state index in [0.29, 0.717) is 5.92 Å². The molecule has 0 radical (unpaired) electrons. The molecule has 1 aromatic rings. The first-order valence-electron chi connectivity index (χ1n) is 6.56. The molecule has 3 unspecified atom stereocenters. The topological polar surface area (TPSA) is 35.2 Å². The molecular formula is C15H24FNO. The Labute approximate surface area is 109 Å². The second-order valence-corrected chi connectivity index (χ2v) is 5.41. The van der Waals surface area contributed by atoms with E-state index in [1.165, 1.54) is 12.1 Å². The summed E-state index contributed by atoms with van der Waals surface area (Å²) in [6, 6.07) is 6.31. The Kier molecular flexibility index (Phi) is 5.76. The van der Waals surface area contributed by atoms with Gasteiger partial charge in [-0.1, -0.05) is 26.0 Å². The van der Waals surface area contributed by atoms with Gasteiger partial charge in [-0.15, -0.1) is 0 Å². The summed E-state index contributed by atoms with van der Waals surface area (Å²) in [5.41, 5.74) is 6.76. The second kappa shape index (κ2) is 6.86. The molecule has 1 rings (SSSR count). The number of ether oxygens (including phenoxy) is 1. The van der Waals surface area contributed by atoms with Gasteiger partial charge in [0.2, 0.25) is 0 Å². The molecule has 18 heavy (non-hydrogen) atoms. The molecule has 0 spiro atoms. The standard InChI is InChI=1S/C15H24FNO/c1-10(2)8-11(3)18-15(12(4)17)13-6-5-7-14(16)9-13/h5-7,9-12,15H,8,17H2,1-4H3. The predicted molar refractivity (Wildman–Crippen MR) is 72.8 cm³/mol. The zero-order valence-corrected chi connectivity index (χ0v) is 11.7. The lowest BCUT2D eigenvalue weighted by Gasteiger charge is -2.26. The fraction of sp³-hybridized carbons (Fsp3) is 0.600. The fourth-order valence-electron chi connectivity index (χ4n) is 2.16. The molecule has 0 aliphatic carbocycles. The monoisotopic (exact) mass is 253 g/mol. The van der Waals surface area contributed by atoms with Crippen molar-refractivity contribution >= 4 is 0 Å². The SMILES string of the molecule is CC(C)CC(C)OC(c1cccc(F)c1)C(C)N. The Morgan fingerprint density at radius 1 is 1.22 bits per heavy atom. The molecular weight excluding hydrogens is 229 g/mol. The maximum absolute atomic E-state index is 13.2. The third-order valence-corrected chi connectivity index (χ3v) is 2.84. The van der Waals surface area contributed by atoms with Crippen molar-refractivity contribution in [1.29, 1.82) is 0 Å². The van der Waals surface area contributed by atoms with Crippen LogP contribution in [0.2, 0.25) is 0 Å². The molecule has 0 saturated carbocycles. The lowest BCUT2D eigenvalue weighted by atomic mass is 10.0. The van der Waals surface area contributed by atoms with Gasteiger partial charge in [-0.05, 0) is 43.9 Å². The highest BCUT2D eigenvalue weighted by Crippen LogP contribution is 2.24. The van der Waals surface area contributed by atoms with Gasteiger partial charge in [-0.2, -0.15) is 0 Å². The van der Waals surface area contributed by atoms with Crippen LogP contribution in [0.25, 0.3) is 0 Å². The Balaban J connectivity index is 2.77. The van der Waals surface area contributed by atoms with Gasteiger partial charge in [0.05, 0.1) is 12.2 Å². The molecule has 0 saturated heterocycles. The van der Waals surface area contributed by atoms with Crippen LogP contribution < -0.4 is 5.73 Å². The second-order valence-electron chi connectivity index (χ2n) is 5.41. The summed E-state index contributed by atoms with van der Waals surface area (Å²) in [5, 5.41) is 0. The minimum absolute atomic E-state index is 0.115. The van der Waals surface area contributed by atoms with Gasteiger partial charge in [-0.25, -0.2) is 4.39 Å². The van der Waals surface area contributed by atoms with Crippen molar-refractivity contribution in [1.82, 2.24) is 0 Å². The molecule has 2 nitrogen and oxygen atoms in total. The van der Waals surface area contributed by atoms with E-state index >= 15 is 0 Å². The Morgan fingerprint density at radius 2 is 1.89 bits per heavy atom. The summed E-state index contributed by atoms with van der Waals surface area (Å²) in [4.78, 5) is 0. The number of hydrogen-bond acceptors (Lipinski definition) is 2. The molecule has 2 N–H and O–H groups in total. The average molecular weight is 253 g/mol. The molecule has 0 fully saturated rings. The zero-order valence-electron chi connectivity index (χ0n) is 11.7. The van der Waals surface area contributed by atoms with Crippen LogP contribution in [0.1, 0.15) is 45.8 Å². The van der Waals surface area contributed by atoms with Gasteiger partial charge in [0.15, 0.2) is 0 Å². The van der Waals surface area contributed by atoms with Crippen LogP contribution in [0.3, 0.4) is 0 Å². The van der Waals surface area contributed by atoms with E-state index in [1.54, 1.807) is 6.07 Å². The van der Waals surface area contributed by atoms with Gasteiger partial charge >= 0.3 is 0 Å². The maximum atomic E-state index is 13.2. The smallest absolute Gasteiger partial charge is 0.123 e. The molecule has 3 heteroatoms. The fourth-order valence-corrected chi connectivity index (χ4v) is 2.16. The highest BCUT2D eigenvalue weighted by atomic mass is 19.1. The molecule has 0 aliphatic rings. The zero-order chi connectivity index (χ0) is 13.7. The first-order chi connectivity index (χ1) is 8.40. The third kappa shape index (κ3) is 4.75. The third-order valence-electron chi connectivity index (χ3n) is 2.84. The molecule has 0 aliphatic heterocycles. The minimum atomic E-state index is -0.255. The molecule has 0 amide bonds. The van der Waals surface area contributed by atoms with E-state index in [2.05, 4.69) is 13.8 Å². The number of hydrogen-bond donors (Lipinski definition) is 1. The maximum Gasteiger partial charge on any atom is 0.123 e. The van der Waals surface area contributed by atoms with E-state index in [1.807, 2.05) is 19.9 Å². The predicted octanol–water partition coefficient (Wildman–Crippen LogP) is 3.67. The number of benzene rings is 1. The van der Waals surface area contributed by atoms with E-state index in [-0.39, 0.29) is 24.1 Å². The quantitative estimate of drug-likeness (QED) is 0.839. The van der Waals surface area contributed by atoms with Gasteiger partial charge in [0.25, 0.3) is 0 Å². The van der Waals surface area contributed by atoms with Crippen molar-refractivity contribution in [2.45, 2.75) is 52.4 Å². The van der Waals surface area contributed by atoms with Crippen LogP contribution in [0.5, 0.6) is 0 Å². The van der Waals surface area contributed by atoms with Crippen molar-refractivity contribution in [3.63, 3.8) is 0 Å². The molecule has 0 aromatic heterocycles. The van der Waals surface area contributed by atoms with E-state index < -0.39 is 0 Å². The van der Waals surface area contributed by atoms with E-state index in [9.17, 15) is 4.39 Å². The summed E-state index contributed by atoms with van der Waals surface area (Å²) < 4.78 is 19.2. The highest BCUT2D eigenvalue weighted by Gasteiger charge is 2.20. The minimum Gasteiger partial charge on any atom is -0.369 e. The number of nitrogens with two attached hydrogens (primary N) is 1. The van der Waals surface area contributed by atoms with Crippen LogP contribution in [-0.2, 0) is 4.74 Å². The van der Waals surface area contributed by atoms with Crippen LogP contribution in [0, 0.1) is 11.7 Å². The van der Waals surface area contributed by atoms with Gasteiger partial charge in [0.1, 0.15) is 5.82 Å². The van der Waals surface area contributed by atoms with Crippen LogP contribution >= 0.6 is 0 Å². The van der Waals surface area contributed by atoms with Crippen LogP contribution in [0.4, 0.5) is 4.39 Å². The normalized spacial score (nSPS) is 16.6. The number of halogens is 1. The van der Waals surface area contributed by atoms with Crippen molar-refractivity contribution in [3.8, 4) is 0 Å².